The summed E-state index contributed by atoms with van der Waals surface area (Å²) < 4.78 is 34.5. The van der Waals surface area contributed by atoms with Gasteiger partial charge in [0.15, 0.2) is 17.4 Å². The fraction of sp³-hybridized carbons (Fsp3) is 0.632. The van der Waals surface area contributed by atoms with E-state index < -0.39 is 11.6 Å². The zero-order valence-corrected chi connectivity index (χ0v) is 14.5. The van der Waals surface area contributed by atoms with E-state index in [1.165, 1.54) is 12.1 Å². The number of hydrogen-bond donors (Lipinski definition) is 1. The molecule has 0 radical (unpaired) electrons. The SMILES string of the molecule is O=CCCN1CCC(c2cc(F)c(OC3CCNCC3)c(F)c2)CC1. The molecule has 1 N–H and O–H groups in total. The summed E-state index contributed by atoms with van der Waals surface area (Å²) >= 11 is 0. The Kier molecular flexibility index (Phi) is 6.37. The van der Waals surface area contributed by atoms with Crippen molar-refractivity contribution in [2.75, 3.05) is 32.7 Å². The molecule has 2 heterocycles. The molecule has 1 aromatic rings. The molecule has 4 nitrogen and oxygen atoms in total. The highest BCUT2D eigenvalue weighted by molar-refractivity contribution is 5.49. The lowest BCUT2D eigenvalue weighted by Crippen LogP contribution is -2.34. The van der Waals surface area contributed by atoms with Gasteiger partial charge in [-0.1, -0.05) is 0 Å². The Labute approximate surface area is 147 Å². The van der Waals surface area contributed by atoms with Crippen LogP contribution in [0.4, 0.5) is 8.78 Å². The Morgan fingerprint density at radius 3 is 2.36 bits per heavy atom. The van der Waals surface area contributed by atoms with Gasteiger partial charge in [0.1, 0.15) is 12.4 Å². The summed E-state index contributed by atoms with van der Waals surface area (Å²) in [6.45, 7) is 4.11. The number of benzene rings is 1. The van der Waals surface area contributed by atoms with E-state index in [-0.39, 0.29) is 17.8 Å². The van der Waals surface area contributed by atoms with Crippen molar-refractivity contribution in [3.8, 4) is 5.75 Å². The third kappa shape index (κ3) is 4.76. The third-order valence-electron chi connectivity index (χ3n) is 5.21. The van der Waals surface area contributed by atoms with Gasteiger partial charge in [-0.3, -0.25) is 0 Å². The number of ether oxygens (including phenoxy) is 1. The van der Waals surface area contributed by atoms with Gasteiger partial charge in [-0.25, -0.2) is 8.78 Å². The van der Waals surface area contributed by atoms with Gasteiger partial charge in [-0.05, 0) is 75.5 Å². The number of carbonyl (C=O) groups is 1. The van der Waals surface area contributed by atoms with Crippen LogP contribution in [-0.4, -0.2) is 50.0 Å². The average molecular weight is 352 g/mol. The van der Waals surface area contributed by atoms with Crippen molar-refractivity contribution >= 4 is 6.29 Å². The Bertz CT molecular complexity index is 560. The number of carbonyl (C=O) groups excluding carboxylic acids is 1. The molecular formula is C19H26F2N2O2. The number of hydrogen-bond acceptors (Lipinski definition) is 4. The van der Waals surface area contributed by atoms with E-state index >= 15 is 0 Å². The fourth-order valence-electron chi connectivity index (χ4n) is 3.73. The molecule has 138 valence electrons. The number of halogens is 2. The lowest BCUT2D eigenvalue weighted by molar-refractivity contribution is -0.108. The smallest absolute Gasteiger partial charge is 0.191 e. The first-order valence-electron chi connectivity index (χ1n) is 9.19. The molecule has 2 fully saturated rings. The van der Waals surface area contributed by atoms with Crippen molar-refractivity contribution in [3.05, 3.63) is 29.3 Å². The van der Waals surface area contributed by atoms with E-state index in [4.69, 9.17) is 4.74 Å². The van der Waals surface area contributed by atoms with Crippen LogP contribution in [0.2, 0.25) is 0 Å². The van der Waals surface area contributed by atoms with Gasteiger partial charge in [0.05, 0.1) is 0 Å². The van der Waals surface area contributed by atoms with Crippen LogP contribution in [0.15, 0.2) is 12.1 Å². The standard InChI is InChI=1S/C19H26F2N2O2/c20-17-12-15(14-4-9-23(10-5-14)8-1-11-24)13-18(21)19(17)25-16-2-6-22-7-3-16/h11-14,16,22H,1-10H2. The monoisotopic (exact) mass is 352 g/mol. The summed E-state index contributed by atoms with van der Waals surface area (Å²) in [6, 6.07) is 2.87. The molecule has 0 atom stereocenters. The molecule has 0 unspecified atom stereocenters. The van der Waals surface area contributed by atoms with Gasteiger partial charge in [-0.2, -0.15) is 0 Å². The normalized spacial score (nSPS) is 20.6. The largest absolute Gasteiger partial charge is 0.484 e. The molecule has 1 aromatic carbocycles. The van der Waals surface area contributed by atoms with Crippen molar-refractivity contribution in [3.63, 3.8) is 0 Å². The molecule has 3 rings (SSSR count). The van der Waals surface area contributed by atoms with Gasteiger partial charge < -0.3 is 19.7 Å². The highest BCUT2D eigenvalue weighted by Crippen LogP contribution is 2.33. The molecule has 2 saturated heterocycles. The predicted octanol–water partition coefficient (Wildman–Crippen LogP) is 2.86. The number of nitrogens with zero attached hydrogens (tertiary/aromatic N) is 1. The van der Waals surface area contributed by atoms with Crippen LogP contribution in [0.1, 0.15) is 43.6 Å². The quantitative estimate of drug-likeness (QED) is 0.800. The summed E-state index contributed by atoms with van der Waals surface area (Å²) in [7, 11) is 0. The zero-order valence-electron chi connectivity index (χ0n) is 14.5. The van der Waals surface area contributed by atoms with Crippen molar-refractivity contribution in [2.45, 2.75) is 44.1 Å². The van der Waals surface area contributed by atoms with Crippen LogP contribution in [0.25, 0.3) is 0 Å². The minimum absolute atomic E-state index is 0.128. The molecule has 2 aliphatic heterocycles. The second-order valence-electron chi connectivity index (χ2n) is 6.95. The summed E-state index contributed by atoms with van der Waals surface area (Å²) in [5.74, 6) is -1.28. The van der Waals surface area contributed by atoms with Crippen LogP contribution >= 0.6 is 0 Å². The van der Waals surface area contributed by atoms with Crippen molar-refractivity contribution in [2.24, 2.45) is 0 Å². The molecule has 2 aliphatic rings. The Morgan fingerprint density at radius 2 is 1.76 bits per heavy atom. The van der Waals surface area contributed by atoms with E-state index in [2.05, 4.69) is 10.2 Å². The van der Waals surface area contributed by atoms with Crippen LogP contribution in [-0.2, 0) is 4.79 Å². The second-order valence-corrected chi connectivity index (χ2v) is 6.95. The second kappa shape index (κ2) is 8.72. The van der Waals surface area contributed by atoms with Gasteiger partial charge in [0.2, 0.25) is 0 Å². The molecule has 0 aliphatic carbocycles. The van der Waals surface area contributed by atoms with E-state index in [9.17, 15) is 13.6 Å². The highest BCUT2D eigenvalue weighted by atomic mass is 19.1. The zero-order chi connectivity index (χ0) is 17.6. The van der Waals surface area contributed by atoms with Gasteiger partial charge >= 0.3 is 0 Å². The van der Waals surface area contributed by atoms with Gasteiger partial charge in [0, 0.05) is 13.0 Å². The van der Waals surface area contributed by atoms with E-state index in [0.29, 0.717) is 12.0 Å². The highest BCUT2D eigenvalue weighted by Gasteiger charge is 2.24. The lowest BCUT2D eigenvalue weighted by atomic mass is 9.89. The van der Waals surface area contributed by atoms with Crippen molar-refractivity contribution in [1.29, 1.82) is 0 Å². The maximum atomic E-state index is 14.4. The maximum absolute atomic E-state index is 14.4. The first-order chi connectivity index (χ1) is 12.2. The van der Waals surface area contributed by atoms with Gasteiger partial charge in [-0.15, -0.1) is 0 Å². The summed E-state index contributed by atoms with van der Waals surface area (Å²) in [6.07, 6.45) is 4.57. The Morgan fingerprint density at radius 1 is 1.12 bits per heavy atom. The minimum Gasteiger partial charge on any atom is -0.484 e. The molecule has 0 aromatic heterocycles. The van der Waals surface area contributed by atoms with Crippen LogP contribution in [0.5, 0.6) is 5.75 Å². The summed E-state index contributed by atoms with van der Waals surface area (Å²) in [4.78, 5) is 12.7. The van der Waals surface area contributed by atoms with Crippen LogP contribution < -0.4 is 10.1 Å². The maximum Gasteiger partial charge on any atom is 0.191 e. The Balaban J connectivity index is 1.62. The molecule has 25 heavy (non-hydrogen) atoms. The lowest BCUT2D eigenvalue weighted by Gasteiger charge is -2.32. The first kappa shape index (κ1) is 18.3. The van der Waals surface area contributed by atoms with E-state index in [1.54, 1.807) is 0 Å². The molecule has 0 bridgehead atoms. The van der Waals surface area contributed by atoms with Crippen LogP contribution in [0.3, 0.4) is 0 Å². The minimum atomic E-state index is -0.600. The predicted molar refractivity (Wildman–Crippen MR) is 92.0 cm³/mol. The van der Waals surface area contributed by atoms with Gasteiger partial charge in [0.25, 0.3) is 0 Å². The van der Waals surface area contributed by atoms with E-state index in [0.717, 1.165) is 64.7 Å². The third-order valence-corrected chi connectivity index (χ3v) is 5.21. The molecule has 0 amide bonds. The molecule has 0 spiro atoms. The first-order valence-corrected chi connectivity index (χ1v) is 9.19. The van der Waals surface area contributed by atoms with E-state index in [1.807, 2.05) is 0 Å². The fourth-order valence-corrected chi connectivity index (χ4v) is 3.73. The molecular weight excluding hydrogens is 326 g/mol. The van der Waals surface area contributed by atoms with Crippen LogP contribution in [0, 0.1) is 11.6 Å². The average Bonchev–Trinajstić information content (AvgIpc) is 2.64. The van der Waals surface area contributed by atoms with Crippen molar-refractivity contribution < 1.29 is 18.3 Å². The summed E-state index contributed by atoms with van der Waals surface area (Å²) in [5, 5.41) is 3.21. The Hall–Kier alpha value is -1.53. The summed E-state index contributed by atoms with van der Waals surface area (Å²) in [5.41, 5.74) is 0.711. The topological polar surface area (TPSA) is 41.6 Å². The number of aldehydes is 1. The molecule has 0 saturated carbocycles. The number of piperidine rings is 2. The molecule has 6 heteroatoms. The number of likely N-dealkylation sites (tertiary alicyclic amines) is 1. The number of rotatable bonds is 6. The van der Waals surface area contributed by atoms with Crippen molar-refractivity contribution in [1.82, 2.24) is 10.2 Å². The number of nitrogens with one attached hydrogen (secondary N) is 1.